The van der Waals surface area contributed by atoms with Gasteiger partial charge in [-0.2, -0.15) is 0 Å². The minimum atomic E-state index is -3.35. The Morgan fingerprint density at radius 3 is 2.71 bits per heavy atom. The molecule has 128 valence electrons. The molecule has 0 unspecified atom stereocenters. The zero-order valence-corrected chi connectivity index (χ0v) is 14.8. The number of aromatic nitrogens is 1. The van der Waals surface area contributed by atoms with Crippen molar-refractivity contribution in [3.05, 3.63) is 53.9 Å². The number of pyridine rings is 1. The highest BCUT2D eigenvalue weighted by atomic mass is 32.2. The maximum absolute atomic E-state index is 11.8. The molecule has 2 aromatic rings. The van der Waals surface area contributed by atoms with Crippen molar-refractivity contribution in [2.75, 3.05) is 11.6 Å². The molecular formula is C17H22N4O2S. The van der Waals surface area contributed by atoms with E-state index in [1.165, 1.54) is 17.8 Å². The second-order valence-electron chi connectivity index (χ2n) is 5.83. The Morgan fingerprint density at radius 2 is 2.04 bits per heavy atom. The minimum Gasteiger partial charge on any atom is -0.370 e. The van der Waals surface area contributed by atoms with Gasteiger partial charge in [0.15, 0.2) is 15.8 Å². The number of aliphatic imine (C=N–C) groups is 1. The van der Waals surface area contributed by atoms with Crippen LogP contribution in [0.1, 0.15) is 31.0 Å². The zero-order chi connectivity index (χ0) is 17.7. The molecule has 6 nitrogen and oxygen atoms in total. The van der Waals surface area contributed by atoms with Crippen LogP contribution < -0.4 is 11.1 Å². The third-order valence-electron chi connectivity index (χ3n) is 3.47. The summed E-state index contributed by atoms with van der Waals surface area (Å²) < 4.78 is 23.5. The average Bonchev–Trinajstić information content (AvgIpc) is 2.52. The maximum Gasteiger partial charge on any atom is 0.193 e. The molecule has 0 spiro atoms. The lowest BCUT2D eigenvalue weighted by molar-refractivity contribution is 0.600. The van der Waals surface area contributed by atoms with E-state index in [2.05, 4.69) is 35.2 Å². The summed E-state index contributed by atoms with van der Waals surface area (Å²) in [6, 6.07) is 11.0. The molecule has 0 radical (unpaired) electrons. The number of nitrogens with one attached hydrogen (secondary N) is 1. The summed E-state index contributed by atoms with van der Waals surface area (Å²) in [4.78, 5) is 8.46. The molecule has 24 heavy (non-hydrogen) atoms. The van der Waals surface area contributed by atoms with Gasteiger partial charge >= 0.3 is 0 Å². The Morgan fingerprint density at radius 1 is 1.29 bits per heavy atom. The highest BCUT2D eigenvalue weighted by molar-refractivity contribution is 7.90. The molecule has 7 heteroatoms. The monoisotopic (exact) mass is 346 g/mol. The lowest BCUT2D eigenvalue weighted by atomic mass is 10.0. The molecule has 0 fully saturated rings. The van der Waals surface area contributed by atoms with Crippen LogP contribution >= 0.6 is 0 Å². The summed E-state index contributed by atoms with van der Waals surface area (Å²) in [6.07, 6.45) is 2.69. The van der Waals surface area contributed by atoms with Gasteiger partial charge in [-0.1, -0.05) is 26.0 Å². The Hall–Kier alpha value is -2.41. The lowest BCUT2D eigenvalue weighted by Crippen LogP contribution is -2.23. The van der Waals surface area contributed by atoms with Crippen LogP contribution in [0, 0.1) is 0 Å². The van der Waals surface area contributed by atoms with Crippen molar-refractivity contribution in [2.45, 2.75) is 31.2 Å². The van der Waals surface area contributed by atoms with Gasteiger partial charge in [0.1, 0.15) is 0 Å². The van der Waals surface area contributed by atoms with Crippen molar-refractivity contribution >= 4 is 21.5 Å². The normalized spacial score (nSPS) is 12.4. The number of hydrogen-bond donors (Lipinski definition) is 2. The summed E-state index contributed by atoms with van der Waals surface area (Å²) >= 11 is 0. The van der Waals surface area contributed by atoms with E-state index in [-0.39, 0.29) is 17.4 Å². The fraction of sp³-hybridized carbons (Fsp3) is 0.294. The molecule has 2 rings (SSSR count). The molecule has 0 saturated heterocycles. The molecule has 1 aromatic carbocycles. The molecule has 0 amide bonds. The van der Waals surface area contributed by atoms with Crippen molar-refractivity contribution in [2.24, 2.45) is 10.7 Å². The summed E-state index contributed by atoms with van der Waals surface area (Å²) in [6.45, 7) is 4.32. The number of hydrogen-bond acceptors (Lipinski definition) is 4. The molecule has 0 aliphatic carbocycles. The van der Waals surface area contributed by atoms with Gasteiger partial charge in [-0.15, -0.1) is 0 Å². The second-order valence-corrected chi connectivity index (χ2v) is 7.81. The van der Waals surface area contributed by atoms with Gasteiger partial charge in [-0.3, -0.25) is 4.98 Å². The number of rotatable bonds is 5. The van der Waals surface area contributed by atoms with Gasteiger partial charge in [0.2, 0.25) is 0 Å². The van der Waals surface area contributed by atoms with Crippen molar-refractivity contribution in [3.8, 4) is 0 Å². The molecule has 0 saturated carbocycles. The molecular weight excluding hydrogens is 324 g/mol. The third kappa shape index (κ3) is 4.79. The van der Waals surface area contributed by atoms with E-state index in [0.717, 1.165) is 11.9 Å². The van der Waals surface area contributed by atoms with E-state index in [0.29, 0.717) is 11.6 Å². The predicted octanol–water partition coefficient (Wildman–Crippen LogP) is 2.54. The third-order valence-corrected chi connectivity index (χ3v) is 4.64. The number of anilines is 1. The van der Waals surface area contributed by atoms with E-state index in [1.54, 1.807) is 6.07 Å². The first kappa shape index (κ1) is 17.9. The molecule has 0 atom stereocenters. The standard InChI is InChI=1S/C17H22N4O2S/c1-12(2)13-6-4-7-14(10-13)21-17(18)20-11-15-16(24(3,22)23)8-5-9-19-15/h4-10,12H,11H2,1-3H3,(H3,18,20,21). The van der Waals surface area contributed by atoms with Gasteiger partial charge in [0.25, 0.3) is 0 Å². The highest BCUT2D eigenvalue weighted by Crippen LogP contribution is 2.18. The smallest absolute Gasteiger partial charge is 0.193 e. The Balaban J connectivity index is 2.15. The van der Waals surface area contributed by atoms with Crippen LogP contribution in [-0.2, 0) is 16.4 Å². The largest absolute Gasteiger partial charge is 0.370 e. The number of sulfone groups is 1. The van der Waals surface area contributed by atoms with Gasteiger partial charge in [0.05, 0.1) is 17.1 Å². The van der Waals surface area contributed by atoms with Crippen LogP contribution in [0.3, 0.4) is 0 Å². The van der Waals surface area contributed by atoms with E-state index >= 15 is 0 Å². The quantitative estimate of drug-likeness (QED) is 0.640. The number of guanidine groups is 1. The van der Waals surface area contributed by atoms with Gasteiger partial charge in [-0.25, -0.2) is 13.4 Å². The highest BCUT2D eigenvalue weighted by Gasteiger charge is 2.13. The van der Waals surface area contributed by atoms with Crippen molar-refractivity contribution < 1.29 is 8.42 Å². The SMILES string of the molecule is CC(C)c1cccc(NC(N)=NCc2ncccc2S(C)(=O)=O)c1. The van der Waals surface area contributed by atoms with Crippen LogP contribution in [0.2, 0.25) is 0 Å². The van der Waals surface area contributed by atoms with E-state index in [1.807, 2.05) is 18.2 Å². The van der Waals surface area contributed by atoms with E-state index < -0.39 is 9.84 Å². The Labute approximate surface area is 142 Å². The number of nitrogens with two attached hydrogens (primary N) is 1. The number of benzene rings is 1. The van der Waals surface area contributed by atoms with E-state index in [9.17, 15) is 8.42 Å². The molecule has 3 N–H and O–H groups in total. The van der Waals surface area contributed by atoms with Crippen molar-refractivity contribution in [1.82, 2.24) is 4.98 Å². The second kappa shape index (κ2) is 7.44. The maximum atomic E-state index is 11.8. The van der Waals surface area contributed by atoms with Gasteiger partial charge in [0, 0.05) is 18.1 Å². The summed E-state index contributed by atoms with van der Waals surface area (Å²) in [5.74, 6) is 0.622. The fourth-order valence-corrected chi connectivity index (χ4v) is 3.07. The van der Waals surface area contributed by atoms with Gasteiger partial charge in [-0.05, 0) is 35.7 Å². The van der Waals surface area contributed by atoms with Crippen LogP contribution in [0.25, 0.3) is 0 Å². The van der Waals surface area contributed by atoms with Crippen molar-refractivity contribution in [3.63, 3.8) is 0 Å². The van der Waals surface area contributed by atoms with Crippen molar-refractivity contribution in [1.29, 1.82) is 0 Å². The zero-order valence-electron chi connectivity index (χ0n) is 14.0. The predicted molar refractivity (Wildman–Crippen MR) is 96.8 cm³/mol. The first-order valence-electron chi connectivity index (χ1n) is 7.58. The molecule has 1 aromatic heterocycles. The van der Waals surface area contributed by atoms with Crippen LogP contribution in [0.5, 0.6) is 0 Å². The molecule has 0 aliphatic rings. The average molecular weight is 346 g/mol. The fourth-order valence-electron chi connectivity index (χ4n) is 2.20. The Kier molecular flexibility index (Phi) is 5.56. The first-order valence-corrected chi connectivity index (χ1v) is 9.47. The molecule has 0 aliphatic heterocycles. The summed E-state index contributed by atoms with van der Waals surface area (Å²) in [5, 5.41) is 3.02. The topological polar surface area (TPSA) is 97.4 Å². The van der Waals surface area contributed by atoms with Crippen LogP contribution in [-0.4, -0.2) is 25.6 Å². The van der Waals surface area contributed by atoms with Crippen LogP contribution in [0.4, 0.5) is 5.69 Å². The molecule has 0 bridgehead atoms. The Bertz CT molecular complexity index is 845. The summed E-state index contributed by atoms with van der Waals surface area (Å²) in [5.41, 5.74) is 8.31. The number of nitrogens with zero attached hydrogens (tertiary/aromatic N) is 2. The van der Waals surface area contributed by atoms with Crippen LogP contribution in [0.15, 0.2) is 52.5 Å². The van der Waals surface area contributed by atoms with E-state index in [4.69, 9.17) is 5.73 Å². The lowest BCUT2D eigenvalue weighted by Gasteiger charge is -2.10. The minimum absolute atomic E-state index is 0.0892. The summed E-state index contributed by atoms with van der Waals surface area (Å²) in [7, 11) is -3.35. The van der Waals surface area contributed by atoms with Gasteiger partial charge < -0.3 is 11.1 Å². The first-order chi connectivity index (χ1) is 11.3. The molecule has 1 heterocycles.